The lowest BCUT2D eigenvalue weighted by Gasteiger charge is -1.98. The van der Waals surface area contributed by atoms with Crippen LogP contribution in [-0.4, -0.2) is 23.0 Å². The Morgan fingerprint density at radius 3 is 3.09 bits per heavy atom. The van der Waals surface area contributed by atoms with E-state index in [0.29, 0.717) is 13.0 Å². The monoisotopic (exact) mass is 157 g/mol. The van der Waals surface area contributed by atoms with Crippen LogP contribution in [0.4, 0.5) is 10.1 Å². The number of alkyl halides is 1. The minimum Gasteiger partial charge on any atom is -0.382 e. The van der Waals surface area contributed by atoms with Gasteiger partial charge in [-0.15, -0.1) is 0 Å². The first kappa shape index (κ1) is 8.04. The Bertz CT molecular complexity index is 209. The van der Waals surface area contributed by atoms with Crippen LogP contribution in [-0.2, 0) is 7.05 Å². The standard InChI is InChI=1S/C7H12FN3/c1-11-6-7(5-10-11)9-4-2-3-8/h5-6,9H,2-4H2,1H3. The van der Waals surface area contributed by atoms with Crippen molar-refractivity contribution in [1.82, 2.24) is 9.78 Å². The summed E-state index contributed by atoms with van der Waals surface area (Å²) >= 11 is 0. The smallest absolute Gasteiger partial charge is 0.0911 e. The predicted octanol–water partition coefficient (Wildman–Crippen LogP) is 1.19. The molecule has 0 atom stereocenters. The molecule has 1 aromatic rings. The third-order valence-electron chi connectivity index (χ3n) is 1.34. The van der Waals surface area contributed by atoms with Gasteiger partial charge in [0.1, 0.15) is 0 Å². The molecule has 0 unspecified atom stereocenters. The quantitative estimate of drug-likeness (QED) is 0.665. The van der Waals surface area contributed by atoms with Gasteiger partial charge in [-0.1, -0.05) is 0 Å². The molecule has 11 heavy (non-hydrogen) atoms. The van der Waals surface area contributed by atoms with Crippen LogP contribution in [0, 0.1) is 0 Å². The summed E-state index contributed by atoms with van der Waals surface area (Å²) in [6.45, 7) is 0.398. The molecule has 1 N–H and O–H groups in total. The van der Waals surface area contributed by atoms with E-state index in [1.165, 1.54) is 0 Å². The molecule has 3 nitrogen and oxygen atoms in total. The van der Waals surface area contributed by atoms with Gasteiger partial charge in [0.15, 0.2) is 0 Å². The number of aromatic nitrogens is 2. The molecule has 0 saturated heterocycles. The molecule has 1 rings (SSSR count). The average molecular weight is 157 g/mol. The highest BCUT2D eigenvalue weighted by Gasteiger charge is 1.92. The fraction of sp³-hybridized carbons (Fsp3) is 0.571. The van der Waals surface area contributed by atoms with Crippen molar-refractivity contribution in [2.45, 2.75) is 6.42 Å². The zero-order valence-corrected chi connectivity index (χ0v) is 6.55. The van der Waals surface area contributed by atoms with Gasteiger partial charge < -0.3 is 5.32 Å². The van der Waals surface area contributed by atoms with Crippen molar-refractivity contribution in [3.8, 4) is 0 Å². The Hall–Kier alpha value is -1.06. The molecule has 0 saturated carbocycles. The number of hydrogen-bond donors (Lipinski definition) is 1. The van der Waals surface area contributed by atoms with E-state index in [-0.39, 0.29) is 6.67 Å². The highest BCUT2D eigenvalue weighted by Crippen LogP contribution is 2.02. The van der Waals surface area contributed by atoms with Gasteiger partial charge in [-0.25, -0.2) is 0 Å². The number of anilines is 1. The van der Waals surface area contributed by atoms with Gasteiger partial charge in [0, 0.05) is 19.8 Å². The Balaban J connectivity index is 2.27. The second-order valence-electron chi connectivity index (χ2n) is 2.37. The molecule has 4 heteroatoms. The van der Waals surface area contributed by atoms with Crippen molar-refractivity contribution in [3.63, 3.8) is 0 Å². The summed E-state index contributed by atoms with van der Waals surface area (Å²) in [5.74, 6) is 0. The fourth-order valence-corrected chi connectivity index (χ4v) is 0.812. The molecule has 62 valence electrons. The number of halogens is 1. The Labute approximate surface area is 65.2 Å². The van der Waals surface area contributed by atoms with Crippen molar-refractivity contribution < 1.29 is 4.39 Å². The maximum atomic E-state index is 11.6. The van der Waals surface area contributed by atoms with Crippen molar-refractivity contribution >= 4 is 5.69 Å². The molecule has 0 bridgehead atoms. The molecule has 1 heterocycles. The molecule has 1 aromatic heterocycles. The Morgan fingerprint density at radius 2 is 2.55 bits per heavy atom. The highest BCUT2D eigenvalue weighted by atomic mass is 19.1. The van der Waals surface area contributed by atoms with Gasteiger partial charge >= 0.3 is 0 Å². The minimum absolute atomic E-state index is 0.271. The maximum Gasteiger partial charge on any atom is 0.0911 e. The zero-order valence-electron chi connectivity index (χ0n) is 6.55. The second-order valence-corrected chi connectivity index (χ2v) is 2.37. The molecular formula is C7H12FN3. The van der Waals surface area contributed by atoms with Crippen molar-refractivity contribution in [3.05, 3.63) is 12.4 Å². The second kappa shape index (κ2) is 3.95. The van der Waals surface area contributed by atoms with Gasteiger partial charge in [0.05, 0.1) is 18.6 Å². The fourth-order valence-electron chi connectivity index (χ4n) is 0.812. The normalized spacial score (nSPS) is 10.0. The Morgan fingerprint density at radius 1 is 1.73 bits per heavy atom. The van der Waals surface area contributed by atoms with E-state index >= 15 is 0 Å². The first-order valence-corrected chi connectivity index (χ1v) is 3.61. The van der Waals surface area contributed by atoms with Crippen LogP contribution in [0.25, 0.3) is 0 Å². The summed E-state index contributed by atoms with van der Waals surface area (Å²) in [6.07, 6.45) is 4.13. The summed E-state index contributed by atoms with van der Waals surface area (Å²) in [5.41, 5.74) is 0.945. The van der Waals surface area contributed by atoms with Crippen molar-refractivity contribution in [2.75, 3.05) is 18.5 Å². The molecule has 0 aliphatic heterocycles. The summed E-state index contributed by atoms with van der Waals surface area (Å²) in [4.78, 5) is 0. The third-order valence-corrected chi connectivity index (χ3v) is 1.34. The first-order valence-electron chi connectivity index (χ1n) is 3.61. The molecule has 0 aliphatic rings. The number of rotatable bonds is 4. The lowest BCUT2D eigenvalue weighted by molar-refractivity contribution is 0.481. The lowest BCUT2D eigenvalue weighted by Crippen LogP contribution is -2.00. The van der Waals surface area contributed by atoms with E-state index in [2.05, 4.69) is 10.4 Å². The van der Waals surface area contributed by atoms with E-state index in [1.54, 1.807) is 10.9 Å². The molecule has 0 spiro atoms. The van der Waals surface area contributed by atoms with Crippen LogP contribution in [0.3, 0.4) is 0 Å². The SMILES string of the molecule is Cn1cc(NCCCF)cn1. The molecular weight excluding hydrogens is 145 g/mol. The van der Waals surface area contributed by atoms with E-state index in [9.17, 15) is 4.39 Å². The van der Waals surface area contributed by atoms with Crippen LogP contribution < -0.4 is 5.32 Å². The summed E-state index contributed by atoms with van der Waals surface area (Å²) in [6, 6.07) is 0. The number of nitrogens with one attached hydrogen (secondary N) is 1. The van der Waals surface area contributed by atoms with Crippen molar-refractivity contribution in [2.24, 2.45) is 7.05 Å². The number of hydrogen-bond acceptors (Lipinski definition) is 2. The number of nitrogens with zero attached hydrogens (tertiary/aromatic N) is 2. The molecule has 0 aliphatic carbocycles. The summed E-state index contributed by atoms with van der Waals surface area (Å²) in [7, 11) is 1.85. The van der Waals surface area contributed by atoms with Crippen LogP contribution in [0.1, 0.15) is 6.42 Å². The van der Waals surface area contributed by atoms with Gasteiger partial charge in [-0.05, 0) is 6.42 Å². The van der Waals surface area contributed by atoms with Crippen LogP contribution in [0.2, 0.25) is 0 Å². The molecule has 0 amide bonds. The third kappa shape index (κ3) is 2.57. The molecule has 0 radical (unpaired) electrons. The molecule has 0 aromatic carbocycles. The lowest BCUT2D eigenvalue weighted by atomic mass is 10.4. The van der Waals surface area contributed by atoms with Crippen LogP contribution in [0.5, 0.6) is 0 Å². The van der Waals surface area contributed by atoms with Crippen LogP contribution >= 0.6 is 0 Å². The largest absolute Gasteiger partial charge is 0.382 e. The maximum absolute atomic E-state index is 11.6. The topological polar surface area (TPSA) is 29.9 Å². The van der Waals surface area contributed by atoms with Gasteiger partial charge in [0.2, 0.25) is 0 Å². The van der Waals surface area contributed by atoms with E-state index in [1.807, 2.05) is 13.2 Å². The Kier molecular flexibility index (Phi) is 2.89. The van der Waals surface area contributed by atoms with E-state index in [0.717, 1.165) is 5.69 Å². The summed E-state index contributed by atoms with van der Waals surface area (Å²) < 4.78 is 13.3. The van der Waals surface area contributed by atoms with E-state index in [4.69, 9.17) is 0 Å². The van der Waals surface area contributed by atoms with Gasteiger partial charge in [0.25, 0.3) is 0 Å². The average Bonchev–Trinajstić information content (AvgIpc) is 2.37. The summed E-state index contributed by atoms with van der Waals surface area (Å²) in [5, 5.41) is 7.00. The van der Waals surface area contributed by atoms with Gasteiger partial charge in [-0.2, -0.15) is 5.10 Å². The first-order chi connectivity index (χ1) is 5.33. The predicted molar refractivity (Wildman–Crippen MR) is 42.3 cm³/mol. The van der Waals surface area contributed by atoms with Crippen LogP contribution in [0.15, 0.2) is 12.4 Å². The highest BCUT2D eigenvalue weighted by molar-refractivity contribution is 5.37. The van der Waals surface area contributed by atoms with Gasteiger partial charge in [-0.3, -0.25) is 9.07 Å². The zero-order chi connectivity index (χ0) is 8.10. The van der Waals surface area contributed by atoms with E-state index < -0.39 is 0 Å². The minimum atomic E-state index is -0.271. The molecule has 0 fully saturated rings. The van der Waals surface area contributed by atoms with Crippen molar-refractivity contribution in [1.29, 1.82) is 0 Å². The number of aryl methyl sites for hydroxylation is 1.